The molecule has 1 heterocycles. The first kappa shape index (κ1) is 11.4. The molecule has 1 N–H and O–H groups in total. The Bertz CT molecular complexity index is 620. The summed E-state index contributed by atoms with van der Waals surface area (Å²) in [4.78, 5) is 13.3. The molecule has 2 nitrogen and oxygen atoms in total. The molecule has 1 aliphatic rings. The van der Waals surface area contributed by atoms with Crippen molar-refractivity contribution in [2.75, 3.05) is 0 Å². The highest BCUT2D eigenvalue weighted by molar-refractivity contribution is 7.99. The highest BCUT2D eigenvalue weighted by Crippen LogP contribution is 2.37. The van der Waals surface area contributed by atoms with Gasteiger partial charge < -0.3 is 5.11 Å². The van der Waals surface area contributed by atoms with E-state index in [1.54, 1.807) is 23.9 Å². The SMILES string of the molecule is O=C(O)c1ccc2c(c1)Sc1ccccc1CC2. The second-order valence-electron chi connectivity index (χ2n) is 4.34. The molecule has 0 bridgehead atoms. The maximum atomic E-state index is 11.0. The van der Waals surface area contributed by atoms with Crippen LogP contribution in [0.15, 0.2) is 52.3 Å². The lowest BCUT2D eigenvalue weighted by Gasteiger charge is -2.06. The van der Waals surface area contributed by atoms with Crippen molar-refractivity contribution in [1.82, 2.24) is 0 Å². The summed E-state index contributed by atoms with van der Waals surface area (Å²) in [5, 5.41) is 9.04. The van der Waals surface area contributed by atoms with Crippen LogP contribution >= 0.6 is 11.8 Å². The molecular weight excluding hydrogens is 244 g/mol. The van der Waals surface area contributed by atoms with Crippen LogP contribution in [0.3, 0.4) is 0 Å². The Labute approximate surface area is 110 Å². The number of benzene rings is 2. The van der Waals surface area contributed by atoms with E-state index < -0.39 is 5.97 Å². The van der Waals surface area contributed by atoms with Gasteiger partial charge in [-0.3, -0.25) is 0 Å². The van der Waals surface area contributed by atoms with Gasteiger partial charge in [0.15, 0.2) is 0 Å². The minimum absolute atomic E-state index is 0.362. The Hall–Kier alpha value is -1.74. The van der Waals surface area contributed by atoms with Crippen molar-refractivity contribution in [3.05, 3.63) is 59.2 Å². The Morgan fingerprint density at radius 1 is 1.00 bits per heavy atom. The van der Waals surface area contributed by atoms with Gasteiger partial charge >= 0.3 is 5.97 Å². The van der Waals surface area contributed by atoms with Crippen molar-refractivity contribution in [1.29, 1.82) is 0 Å². The number of carboxylic acids is 1. The van der Waals surface area contributed by atoms with Gasteiger partial charge in [-0.15, -0.1) is 0 Å². The number of aromatic carboxylic acids is 1. The normalized spacial score (nSPS) is 13.3. The van der Waals surface area contributed by atoms with Gasteiger partial charge in [-0.1, -0.05) is 36.0 Å². The van der Waals surface area contributed by atoms with Gasteiger partial charge in [0.2, 0.25) is 0 Å². The van der Waals surface area contributed by atoms with E-state index in [4.69, 9.17) is 5.11 Å². The van der Waals surface area contributed by atoms with Gasteiger partial charge in [-0.2, -0.15) is 0 Å². The zero-order valence-corrected chi connectivity index (χ0v) is 10.5. The maximum Gasteiger partial charge on any atom is 0.335 e. The second kappa shape index (κ2) is 4.50. The topological polar surface area (TPSA) is 37.3 Å². The molecule has 90 valence electrons. The first-order chi connectivity index (χ1) is 8.74. The monoisotopic (exact) mass is 256 g/mol. The molecule has 18 heavy (non-hydrogen) atoms. The van der Waals surface area contributed by atoms with E-state index in [0.29, 0.717) is 5.56 Å². The summed E-state index contributed by atoms with van der Waals surface area (Å²) in [6.45, 7) is 0. The van der Waals surface area contributed by atoms with E-state index >= 15 is 0 Å². The average molecular weight is 256 g/mol. The van der Waals surface area contributed by atoms with E-state index in [9.17, 15) is 4.79 Å². The van der Waals surface area contributed by atoms with E-state index in [1.807, 2.05) is 12.1 Å². The van der Waals surface area contributed by atoms with Crippen LogP contribution in [0, 0.1) is 0 Å². The Morgan fingerprint density at radius 2 is 1.72 bits per heavy atom. The quantitative estimate of drug-likeness (QED) is 0.846. The van der Waals surface area contributed by atoms with Crippen molar-refractivity contribution in [2.24, 2.45) is 0 Å². The molecule has 0 amide bonds. The zero-order valence-electron chi connectivity index (χ0n) is 9.72. The van der Waals surface area contributed by atoms with Gasteiger partial charge in [0.05, 0.1) is 5.56 Å². The van der Waals surface area contributed by atoms with Crippen LogP contribution in [-0.4, -0.2) is 11.1 Å². The molecule has 0 aliphatic carbocycles. The molecule has 1 aliphatic heterocycles. The summed E-state index contributed by atoms with van der Waals surface area (Å²) in [5.74, 6) is -0.865. The third-order valence-electron chi connectivity index (χ3n) is 3.17. The molecule has 0 spiro atoms. The smallest absolute Gasteiger partial charge is 0.335 e. The van der Waals surface area contributed by atoms with Crippen LogP contribution in [-0.2, 0) is 12.8 Å². The van der Waals surface area contributed by atoms with Crippen LogP contribution in [0.2, 0.25) is 0 Å². The van der Waals surface area contributed by atoms with Crippen molar-refractivity contribution in [3.8, 4) is 0 Å². The third kappa shape index (κ3) is 2.02. The van der Waals surface area contributed by atoms with Gasteiger partial charge in [0.1, 0.15) is 0 Å². The van der Waals surface area contributed by atoms with Gasteiger partial charge in [0.25, 0.3) is 0 Å². The highest BCUT2D eigenvalue weighted by Gasteiger charge is 2.15. The highest BCUT2D eigenvalue weighted by atomic mass is 32.2. The van der Waals surface area contributed by atoms with Crippen molar-refractivity contribution in [2.45, 2.75) is 22.6 Å². The minimum atomic E-state index is -0.865. The standard InChI is InChI=1S/C15H12O2S/c16-15(17)12-8-7-11-6-5-10-3-1-2-4-13(10)18-14(11)9-12/h1-4,7-9H,5-6H2,(H,16,17). The maximum absolute atomic E-state index is 11.0. The van der Waals surface area contributed by atoms with E-state index in [1.165, 1.54) is 16.0 Å². The second-order valence-corrected chi connectivity index (χ2v) is 5.42. The predicted molar refractivity (Wildman–Crippen MR) is 71.4 cm³/mol. The summed E-state index contributed by atoms with van der Waals surface area (Å²) in [6.07, 6.45) is 1.99. The molecule has 0 saturated carbocycles. The van der Waals surface area contributed by atoms with Crippen LogP contribution in [0.4, 0.5) is 0 Å². The molecule has 0 unspecified atom stereocenters. The number of hydrogen-bond acceptors (Lipinski definition) is 2. The molecule has 3 heteroatoms. The fourth-order valence-electron chi connectivity index (χ4n) is 2.19. The third-order valence-corrected chi connectivity index (χ3v) is 4.39. The lowest BCUT2D eigenvalue weighted by molar-refractivity contribution is 0.0696. The lowest BCUT2D eigenvalue weighted by atomic mass is 10.0. The van der Waals surface area contributed by atoms with Crippen LogP contribution in [0.1, 0.15) is 21.5 Å². The summed E-state index contributed by atoms with van der Waals surface area (Å²) in [5.41, 5.74) is 2.94. The Morgan fingerprint density at radius 3 is 2.50 bits per heavy atom. The first-order valence-corrected chi connectivity index (χ1v) is 6.67. The first-order valence-electron chi connectivity index (χ1n) is 5.86. The molecule has 0 fully saturated rings. The Kier molecular flexibility index (Phi) is 2.84. The van der Waals surface area contributed by atoms with E-state index in [2.05, 4.69) is 18.2 Å². The fraction of sp³-hybridized carbons (Fsp3) is 0.133. The van der Waals surface area contributed by atoms with Crippen molar-refractivity contribution in [3.63, 3.8) is 0 Å². The predicted octanol–water partition coefficient (Wildman–Crippen LogP) is 3.63. The van der Waals surface area contributed by atoms with E-state index in [-0.39, 0.29) is 0 Å². The lowest BCUT2D eigenvalue weighted by Crippen LogP contribution is -1.98. The molecule has 0 atom stereocenters. The molecule has 2 aromatic rings. The van der Waals surface area contributed by atoms with Crippen LogP contribution in [0.25, 0.3) is 0 Å². The fourth-order valence-corrected chi connectivity index (χ4v) is 3.36. The Balaban J connectivity index is 2.07. The van der Waals surface area contributed by atoms with Crippen LogP contribution < -0.4 is 0 Å². The number of carbonyl (C=O) groups is 1. The number of fused-ring (bicyclic) bond motifs is 2. The summed E-state index contributed by atoms with van der Waals surface area (Å²) in [7, 11) is 0. The van der Waals surface area contributed by atoms with Gasteiger partial charge in [0, 0.05) is 9.79 Å². The minimum Gasteiger partial charge on any atom is -0.478 e. The number of rotatable bonds is 1. The van der Waals surface area contributed by atoms with E-state index in [0.717, 1.165) is 17.7 Å². The molecule has 0 radical (unpaired) electrons. The van der Waals surface area contributed by atoms with Crippen molar-refractivity contribution >= 4 is 17.7 Å². The molecule has 0 saturated heterocycles. The zero-order chi connectivity index (χ0) is 12.5. The number of carboxylic acid groups (broad SMARTS) is 1. The molecular formula is C15H12O2S. The molecule has 2 aromatic carbocycles. The van der Waals surface area contributed by atoms with Crippen molar-refractivity contribution < 1.29 is 9.90 Å². The summed E-state index contributed by atoms with van der Waals surface area (Å²) >= 11 is 1.67. The van der Waals surface area contributed by atoms with Gasteiger partial charge in [-0.25, -0.2) is 4.79 Å². The number of aryl methyl sites for hydroxylation is 2. The summed E-state index contributed by atoms with van der Waals surface area (Å²) < 4.78 is 0. The van der Waals surface area contributed by atoms with Crippen LogP contribution in [0.5, 0.6) is 0 Å². The largest absolute Gasteiger partial charge is 0.478 e. The molecule has 3 rings (SSSR count). The number of hydrogen-bond donors (Lipinski definition) is 1. The average Bonchev–Trinajstić information content (AvgIpc) is 2.56. The summed E-state index contributed by atoms with van der Waals surface area (Å²) in [6, 6.07) is 13.7. The molecule has 0 aromatic heterocycles. The van der Waals surface area contributed by atoms with Gasteiger partial charge in [-0.05, 0) is 42.2 Å².